The van der Waals surface area contributed by atoms with Crippen molar-refractivity contribution in [3.05, 3.63) is 17.1 Å². The van der Waals surface area contributed by atoms with E-state index in [4.69, 9.17) is 4.74 Å². The van der Waals surface area contributed by atoms with Crippen molar-refractivity contribution in [2.24, 2.45) is 0 Å². The van der Waals surface area contributed by atoms with Gasteiger partial charge in [0.2, 0.25) is 5.88 Å². The molecule has 2 rings (SSSR count). The van der Waals surface area contributed by atoms with E-state index in [1.807, 2.05) is 18.8 Å². The summed E-state index contributed by atoms with van der Waals surface area (Å²) in [5, 5.41) is 3.06. The van der Waals surface area contributed by atoms with Crippen molar-refractivity contribution in [2.45, 2.75) is 18.7 Å². The van der Waals surface area contributed by atoms with Crippen molar-refractivity contribution in [2.75, 3.05) is 19.9 Å². The first kappa shape index (κ1) is 10.7. The van der Waals surface area contributed by atoms with Gasteiger partial charge in [-0.25, -0.2) is 4.98 Å². The summed E-state index contributed by atoms with van der Waals surface area (Å²) in [6.07, 6.45) is 1.02. The highest BCUT2D eigenvalue weighted by Gasteiger charge is 2.18. The Morgan fingerprint density at radius 1 is 1.47 bits per heavy atom. The molecule has 0 atom stereocenters. The van der Waals surface area contributed by atoms with E-state index < -0.39 is 0 Å². The molecule has 5 heteroatoms. The molecular weight excluding hydrogens is 210 g/mol. The second-order valence-corrected chi connectivity index (χ2v) is 4.51. The number of rotatable bonds is 3. The minimum absolute atomic E-state index is 0.691. The molecule has 1 aliphatic rings. The minimum atomic E-state index is 0.691. The van der Waals surface area contributed by atoms with Crippen LogP contribution in [0.5, 0.6) is 5.88 Å². The van der Waals surface area contributed by atoms with Crippen LogP contribution in [0.4, 0.5) is 0 Å². The summed E-state index contributed by atoms with van der Waals surface area (Å²) in [7, 11) is 3.57. The number of aromatic nitrogens is 2. The molecule has 0 aromatic carbocycles. The van der Waals surface area contributed by atoms with Crippen LogP contribution in [-0.4, -0.2) is 29.9 Å². The third-order valence-electron chi connectivity index (χ3n) is 2.36. The van der Waals surface area contributed by atoms with Gasteiger partial charge in [-0.05, 0) is 19.2 Å². The first-order valence-electron chi connectivity index (χ1n) is 5.00. The van der Waals surface area contributed by atoms with Gasteiger partial charge in [0.05, 0.1) is 19.3 Å². The van der Waals surface area contributed by atoms with Gasteiger partial charge in [-0.15, -0.1) is 0 Å². The van der Waals surface area contributed by atoms with Crippen LogP contribution < -0.4 is 10.1 Å². The molecule has 15 heavy (non-hydrogen) atoms. The smallest absolute Gasteiger partial charge is 0.220 e. The van der Waals surface area contributed by atoms with Gasteiger partial charge in [-0.2, -0.15) is 16.7 Å². The Bertz CT molecular complexity index is 340. The van der Waals surface area contributed by atoms with E-state index in [0.717, 1.165) is 35.3 Å². The number of hydrogen-bond donors (Lipinski definition) is 1. The number of ether oxygens (including phenoxy) is 1. The first-order valence-corrected chi connectivity index (χ1v) is 6.15. The number of hydrogen-bond acceptors (Lipinski definition) is 5. The standard InChI is InChI=1S/C10H15N3OS/c1-11-5-9-12-8-3-4-15-6-7(8)10(13-9)14-2/h11H,3-6H2,1-2H3. The third-order valence-corrected chi connectivity index (χ3v) is 3.34. The minimum Gasteiger partial charge on any atom is -0.481 e. The lowest BCUT2D eigenvalue weighted by Gasteiger charge is -2.17. The Hall–Kier alpha value is -0.810. The van der Waals surface area contributed by atoms with Crippen LogP contribution in [0.25, 0.3) is 0 Å². The fraction of sp³-hybridized carbons (Fsp3) is 0.600. The molecule has 0 bridgehead atoms. The van der Waals surface area contributed by atoms with Gasteiger partial charge >= 0.3 is 0 Å². The number of thioether (sulfide) groups is 1. The van der Waals surface area contributed by atoms with Gasteiger partial charge in [-0.3, -0.25) is 0 Å². The Balaban J connectivity index is 2.38. The quantitative estimate of drug-likeness (QED) is 0.831. The SMILES string of the molecule is CNCc1nc2c(c(OC)n1)CSCC2. The molecule has 1 N–H and O–H groups in total. The third kappa shape index (κ3) is 2.23. The summed E-state index contributed by atoms with van der Waals surface area (Å²) in [5.41, 5.74) is 2.33. The van der Waals surface area contributed by atoms with Crippen molar-refractivity contribution in [3.63, 3.8) is 0 Å². The molecule has 4 nitrogen and oxygen atoms in total. The van der Waals surface area contributed by atoms with Gasteiger partial charge < -0.3 is 10.1 Å². The zero-order chi connectivity index (χ0) is 10.7. The maximum Gasteiger partial charge on any atom is 0.220 e. The van der Waals surface area contributed by atoms with E-state index in [9.17, 15) is 0 Å². The normalized spacial score (nSPS) is 14.8. The number of methoxy groups -OCH3 is 1. The Kier molecular flexibility index (Phi) is 3.43. The fourth-order valence-corrected chi connectivity index (χ4v) is 2.63. The number of nitrogens with zero attached hydrogens (tertiary/aromatic N) is 2. The zero-order valence-corrected chi connectivity index (χ0v) is 9.86. The van der Waals surface area contributed by atoms with Gasteiger partial charge in [0.1, 0.15) is 5.82 Å². The largest absolute Gasteiger partial charge is 0.481 e. The van der Waals surface area contributed by atoms with E-state index in [2.05, 4.69) is 15.3 Å². The van der Waals surface area contributed by atoms with Crippen molar-refractivity contribution >= 4 is 11.8 Å². The second kappa shape index (κ2) is 4.81. The van der Waals surface area contributed by atoms with E-state index >= 15 is 0 Å². The lowest BCUT2D eigenvalue weighted by atomic mass is 10.2. The molecule has 0 fully saturated rings. The Morgan fingerprint density at radius 2 is 2.33 bits per heavy atom. The van der Waals surface area contributed by atoms with Crippen molar-refractivity contribution in [1.29, 1.82) is 0 Å². The van der Waals surface area contributed by atoms with Crippen LogP contribution in [0.15, 0.2) is 0 Å². The average molecular weight is 225 g/mol. The van der Waals surface area contributed by atoms with Gasteiger partial charge in [0, 0.05) is 11.3 Å². The predicted molar refractivity (Wildman–Crippen MR) is 61.2 cm³/mol. The fourth-order valence-electron chi connectivity index (χ4n) is 1.66. The van der Waals surface area contributed by atoms with E-state index in [1.165, 1.54) is 5.56 Å². The van der Waals surface area contributed by atoms with Gasteiger partial charge in [0.25, 0.3) is 0 Å². The number of fused-ring (bicyclic) bond motifs is 1. The van der Waals surface area contributed by atoms with Gasteiger partial charge in [-0.1, -0.05) is 0 Å². The predicted octanol–water partition coefficient (Wildman–Crippen LogP) is 0.994. The highest BCUT2D eigenvalue weighted by Crippen LogP contribution is 2.29. The molecule has 1 aromatic heterocycles. The van der Waals surface area contributed by atoms with Crippen LogP contribution in [0.3, 0.4) is 0 Å². The van der Waals surface area contributed by atoms with Crippen LogP contribution in [0.1, 0.15) is 17.1 Å². The summed E-state index contributed by atoms with van der Waals surface area (Å²) < 4.78 is 5.31. The molecule has 0 saturated heterocycles. The molecular formula is C10H15N3OS. The lowest BCUT2D eigenvalue weighted by molar-refractivity contribution is 0.389. The first-order chi connectivity index (χ1) is 7.35. The average Bonchev–Trinajstić information content (AvgIpc) is 2.28. The summed E-state index contributed by atoms with van der Waals surface area (Å²) in [6.45, 7) is 0.691. The van der Waals surface area contributed by atoms with Gasteiger partial charge in [0.15, 0.2) is 0 Å². The van der Waals surface area contributed by atoms with E-state index in [0.29, 0.717) is 6.54 Å². The lowest BCUT2D eigenvalue weighted by Crippen LogP contribution is -2.15. The molecule has 82 valence electrons. The molecule has 0 aliphatic carbocycles. The molecule has 0 radical (unpaired) electrons. The monoisotopic (exact) mass is 225 g/mol. The molecule has 1 aromatic rings. The van der Waals surface area contributed by atoms with E-state index in [-0.39, 0.29) is 0 Å². The second-order valence-electron chi connectivity index (χ2n) is 3.41. The number of aryl methyl sites for hydroxylation is 1. The molecule has 0 amide bonds. The van der Waals surface area contributed by atoms with Crippen LogP contribution in [0, 0.1) is 0 Å². The zero-order valence-electron chi connectivity index (χ0n) is 9.04. The van der Waals surface area contributed by atoms with E-state index in [1.54, 1.807) is 7.11 Å². The van der Waals surface area contributed by atoms with Crippen molar-refractivity contribution in [1.82, 2.24) is 15.3 Å². The van der Waals surface area contributed by atoms with Crippen molar-refractivity contribution in [3.8, 4) is 5.88 Å². The Morgan fingerprint density at radius 3 is 3.07 bits per heavy atom. The summed E-state index contributed by atoms with van der Waals surface area (Å²) >= 11 is 1.91. The maximum absolute atomic E-state index is 5.31. The van der Waals surface area contributed by atoms with Crippen LogP contribution in [-0.2, 0) is 18.7 Å². The highest BCUT2D eigenvalue weighted by atomic mass is 32.2. The highest BCUT2D eigenvalue weighted by molar-refractivity contribution is 7.98. The molecule has 0 spiro atoms. The van der Waals surface area contributed by atoms with Crippen LogP contribution in [0.2, 0.25) is 0 Å². The maximum atomic E-state index is 5.31. The molecule has 0 unspecified atom stereocenters. The summed E-state index contributed by atoms with van der Waals surface area (Å²) in [4.78, 5) is 8.93. The van der Waals surface area contributed by atoms with Crippen LogP contribution >= 0.6 is 11.8 Å². The number of nitrogens with one attached hydrogen (secondary N) is 1. The van der Waals surface area contributed by atoms with Crippen molar-refractivity contribution < 1.29 is 4.74 Å². The topological polar surface area (TPSA) is 47.0 Å². The summed E-state index contributed by atoms with van der Waals surface area (Å²) in [6, 6.07) is 0. The summed E-state index contributed by atoms with van der Waals surface area (Å²) in [5.74, 6) is 3.68. The molecule has 1 aliphatic heterocycles. The molecule has 2 heterocycles. The molecule has 0 saturated carbocycles. The Labute approximate surface area is 93.8 Å².